The molecular formula is C36H55N5O5. The number of aromatic nitrogens is 2. The van der Waals surface area contributed by atoms with Crippen molar-refractivity contribution < 1.29 is 23.9 Å². The molecule has 2 aromatic rings. The van der Waals surface area contributed by atoms with Gasteiger partial charge in [0.1, 0.15) is 6.10 Å². The van der Waals surface area contributed by atoms with Crippen molar-refractivity contribution in [2.24, 2.45) is 17.8 Å². The van der Waals surface area contributed by atoms with Gasteiger partial charge in [-0.05, 0) is 87.7 Å². The number of nitrogens with one attached hydrogen (secondary N) is 2. The van der Waals surface area contributed by atoms with Crippen LogP contribution in [0.4, 0.5) is 5.95 Å². The van der Waals surface area contributed by atoms with E-state index in [1.54, 1.807) is 6.92 Å². The number of benzene rings is 1. The molecule has 0 bridgehead atoms. The Hall–Kier alpha value is -3.08. The van der Waals surface area contributed by atoms with E-state index in [4.69, 9.17) is 14.3 Å². The Morgan fingerprint density at radius 2 is 1.57 bits per heavy atom. The second-order valence-electron chi connectivity index (χ2n) is 13.8. The lowest BCUT2D eigenvalue weighted by molar-refractivity contribution is -0.163. The average molecular weight is 638 g/mol. The molecule has 1 unspecified atom stereocenters. The van der Waals surface area contributed by atoms with Crippen molar-refractivity contribution in [3.8, 4) is 0 Å². The van der Waals surface area contributed by atoms with Crippen molar-refractivity contribution in [1.29, 1.82) is 0 Å². The number of esters is 1. The lowest BCUT2D eigenvalue weighted by Gasteiger charge is -2.32. The van der Waals surface area contributed by atoms with E-state index in [-0.39, 0.29) is 18.0 Å². The van der Waals surface area contributed by atoms with Crippen LogP contribution in [0.15, 0.2) is 36.7 Å². The van der Waals surface area contributed by atoms with Crippen molar-refractivity contribution in [2.45, 2.75) is 117 Å². The van der Waals surface area contributed by atoms with Gasteiger partial charge >= 0.3 is 5.97 Å². The standard InChI is InChI=1S/C36H55N5O5/c1-25(2)20-30(35(43)45-33-8-6-7-9-33)15-14-28-10-12-29(13-11-28)21-37-32-16-18-41(19-17-32)36-38-22-31(23-39-36)34(42)40-46-27(5)44-24-26(3)4/h10-13,22-23,25-27,30,32-33,37H,6-9,14-21,24H2,1-5H3,(H,40,42)/t27?,30-/m0/s1. The molecule has 1 aliphatic heterocycles. The predicted octanol–water partition coefficient (Wildman–Crippen LogP) is 6.00. The minimum Gasteiger partial charge on any atom is -0.462 e. The molecule has 1 saturated heterocycles. The predicted molar refractivity (Wildman–Crippen MR) is 179 cm³/mol. The van der Waals surface area contributed by atoms with Gasteiger partial charge in [-0.2, -0.15) is 0 Å². The number of hydrogen-bond acceptors (Lipinski definition) is 9. The van der Waals surface area contributed by atoms with E-state index >= 15 is 0 Å². The molecule has 10 nitrogen and oxygen atoms in total. The molecular weight excluding hydrogens is 582 g/mol. The molecule has 46 heavy (non-hydrogen) atoms. The van der Waals surface area contributed by atoms with Gasteiger partial charge in [-0.3, -0.25) is 9.59 Å². The lowest BCUT2D eigenvalue weighted by Crippen LogP contribution is -2.43. The zero-order valence-electron chi connectivity index (χ0n) is 28.5. The van der Waals surface area contributed by atoms with Gasteiger partial charge in [0.25, 0.3) is 5.91 Å². The highest BCUT2D eigenvalue weighted by Gasteiger charge is 2.26. The summed E-state index contributed by atoms with van der Waals surface area (Å²) in [6, 6.07) is 9.20. The summed E-state index contributed by atoms with van der Waals surface area (Å²) in [5.41, 5.74) is 5.26. The van der Waals surface area contributed by atoms with E-state index in [0.29, 0.717) is 36.0 Å². The van der Waals surface area contributed by atoms with Crippen LogP contribution in [0.5, 0.6) is 0 Å². The molecule has 254 valence electrons. The number of amides is 1. The molecule has 1 aliphatic carbocycles. The van der Waals surface area contributed by atoms with Crippen LogP contribution in [0, 0.1) is 17.8 Å². The van der Waals surface area contributed by atoms with E-state index in [9.17, 15) is 9.59 Å². The zero-order valence-corrected chi connectivity index (χ0v) is 28.5. The molecule has 1 aromatic carbocycles. The Morgan fingerprint density at radius 1 is 0.913 bits per heavy atom. The SMILES string of the molecule is CC(C)COC(C)ONC(=O)c1cnc(N2CCC(NCc3ccc(CC[C@@H](CC(C)C)C(=O)OC4CCCC4)cc3)CC2)nc1. The Labute approximate surface area is 275 Å². The van der Waals surface area contributed by atoms with Crippen LogP contribution in [-0.2, 0) is 32.1 Å². The minimum absolute atomic E-state index is 0.00223. The minimum atomic E-state index is -0.544. The van der Waals surface area contributed by atoms with Gasteiger partial charge in [-0.1, -0.05) is 52.0 Å². The third-order valence-electron chi connectivity index (χ3n) is 8.73. The van der Waals surface area contributed by atoms with E-state index in [0.717, 1.165) is 64.6 Å². The molecule has 1 amide bonds. The number of rotatable bonds is 17. The number of hydrogen-bond donors (Lipinski definition) is 2. The maximum Gasteiger partial charge on any atom is 0.309 e. The van der Waals surface area contributed by atoms with Gasteiger partial charge in [0.05, 0.1) is 18.1 Å². The van der Waals surface area contributed by atoms with Gasteiger partial charge in [-0.25, -0.2) is 20.3 Å². The first-order valence-electron chi connectivity index (χ1n) is 17.3. The van der Waals surface area contributed by atoms with Crippen LogP contribution < -0.4 is 15.7 Å². The number of carbonyl (C=O) groups excluding carboxylic acids is 2. The molecule has 1 saturated carbocycles. The zero-order chi connectivity index (χ0) is 32.9. The lowest BCUT2D eigenvalue weighted by atomic mass is 9.91. The molecule has 2 heterocycles. The summed E-state index contributed by atoms with van der Waals surface area (Å²) in [7, 11) is 0. The van der Waals surface area contributed by atoms with Gasteiger partial charge < -0.3 is 19.7 Å². The number of anilines is 1. The van der Waals surface area contributed by atoms with E-state index in [1.165, 1.54) is 36.4 Å². The number of carbonyl (C=O) groups is 2. The van der Waals surface area contributed by atoms with E-state index in [1.807, 2.05) is 13.8 Å². The topological polar surface area (TPSA) is 115 Å². The van der Waals surface area contributed by atoms with Crippen molar-refractivity contribution in [1.82, 2.24) is 20.8 Å². The highest BCUT2D eigenvalue weighted by molar-refractivity contribution is 5.92. The molecule has 2 atom stereocenters. The molecule has 1 aromatic heterocycles. The maximum atomic E-state index is 12.9. The summed E-state index contributed by atoms with van der Waals surface area (Å²) < 4.78 is 11.4. The summed E-state index contributed by atoms with van der Waals surface area (Å²) in [6.07, 6.45) is 11.6. The second-order valence-corrected chi connectivity index (χ2v) is 13.8. The Bertz CT molecular complexity index is 1190. The second kappa shape index (κ2) is 18.3. The smallest absolute Gasteiger partial charge is 0.309 e. The number of piperidine rings is 1. The Kier molecular flexibility index (Phi) is 14.2. The van der Waals surface area contributed by atoms with E-state index < -0.39 is 12.2 Å². The van der Waals surface area contributed by atoms with Crippen LogP contribution in [0.1, 0.15) is 107 Å². The van der Waals surface area contributed by atoms with Crippen LogP contribution >= 0.6 is 0 Å². The van der Waals surface area contributed by atoms with E-state index in [2.05, 4.69) is 63.8 Å². The number of ether oxygens (including phenoxy) is 2. The molecule has 2 fully saturated rings. The van der Waals surface area contributed by atoms with Gasteiger partial charge in [0.2, 0.25) is 5.95 Å². The van der Waals surface area contributed by atoms with Crippen LogP contribution in [0.2, 0.25) is 0 Å². The summed E-state index contributed by atoms with van der Waals surface area (Å²) >= 11 is 0. The molecule has 0 spiro atoms. The summed E-state index contributed by atoms with van der Waals surface area (Å²) in [4.78, 5) is 41.6. The van der Waals surface area contributed by atoms with Crippen molar-refractivity contribution in [3.63, 3.8) is 0 Å². The van der Waals surface area contributed by atoms with Crippen molar-refractivity contribution >= 4 is 17.8 Å². The fourth-order valence-corrected chi connectivity index (χ4v) is 6.04. The summed E-state index contributed by atoms with van der Waals surface area (Å²) in [6.45, 7) is 13.3. The molecule has 0 radical (unpaired) electrons. The molecule has 10 heteroatoms. The fraction of sp³-hybridized carbons (Fsp3) is 0.667. The van der Waals surface area contributed by atoms with Crippen molar-refractivity contribution in [3.05, 3.63) is 53.3 Å². The average Bonchev–Trinajstić information content (AvgIpc) is 3.57. The Morgan fingerprint density at radius 3 is 2.20 bits per heavy atom. The molecule has 4 rings (SSSR count). The third kappa shape index (κ3) is 11.9. The summed E-state index contributed by atoms with van der Waals surface area (Å²) in [5.74, 6) is 1.05. The first-order chi connectivity index (χ1) is 22.2. The summed E-state index contributed by atoms with van der Waals surface area (Å²) in [5, 5.41) is 3.71. The third-order valence-corrected chi connectivity index (χ3v) is 8.73. The normalized spacial score (nSPS) is 17.4. The van der Waals surface area contributed by atoms with Gasteiger partial charge in [0.15, 0.2) is 6.29 Å². The highest BCUT2D eigenvalue weighted by Crippen LogP contribution is 2.26. The van der Waals surface area contributed by atoms with Crippen LogP contribution in [0.3, 0.4) is 0 Å². The van der Waals surface area contributed by atoms with Gasteiger partial charge in [0, 0.05) is 38.1 Å². The fourth-order valence-electron chi connectivity index (χ4n) is 6.04. The quantitative estimate of drug-likeness (QED) is 0.123. The number of hydroxylamine groups is 1. The monoisotopic (exact) mass is 637 g/mol. The molecule has 2 N–H and O–H groups in total. The van der Waals surface area contributed by atoms with Gasteiger partial charge in [-0.15, -0.1) is 0 Å². The Balaban J connectivity index is 1.15. The van der Waals surface area contributed by atoms with Crippen LogP contribution in [0.25, 0.3) is 0 Å². The van der Waals surface area contributed by atoms with Crippen LogP contribution in [-0.4, -0.2) is 60.0 Å². The number of aryl methyl sites for hydroxylation is 1. The largest absolute Gasteiger partial charge is 0.462 e. The maximum absolute atomic E-state index is 12.9. The van der Waals surface area contributed by atoms with Crippen molar-refractivity contribution in [2.75, 3.05) is 24.6 Å². The highest BCUT2D eigenvalue weighted by atomic mass is 16.8. The first kappa shape index (κ1) is 35.8. The molecule has 2 aliphatic rings. The number of nitrogens with zero attached hydrogens (tertiary/aromatic N) is 3. The first-order valence-corrected chi connectivity index (χ1v) is 17.3.